The second-order valence-electron chi connectivity index (χ2n) is 4.95. The minimum atomic E-state index is -0.625. The zero-order valence-electron chi connectivity index (χ0n) is 12.3. The molecule has 0 spiro atoms. The lowest BCUT2D eigenvalue weighted by molar-refractivity contribution is 0.164. The smallest absolute Gasteiger partial charge is 0.161 e. The molecule has 3 N–H and O–H groups in total. The molecule has 112 valence electrons. The number of hydrogen-bond donors (Lipinski definition) is 2. The van der Waals surface area contributed by atoms with E-state index in [9.17, 15) is 5.11 Å². The van der Waals surface area contributed by atoms with Crippen LogP contribution in [0.15, 0.2) is 48.5 Å². The van der Waals surface area contributed by atoms with E-state index in [-0.39, 0.29) is 0 Å². The number of benzene rings is 2. The van der Waals surface area contributed by atoms with Crippen LogP contribution in [0.5, 0.6) is 11.5 Å². The summed E-state index contributed by atoms with van der Waals surface area (Å²) in [5, 5.41) is 9.60. The summed E-state index contributed by atoms with van der Waals surface area (Å²) in [6, 6.07) is 14.9. The lowest BCUT2D eigenvalue weighted by Crippen LogP contribution is -2.23. The van der Waals surface area contributed by atoms with Crippen LogP contribution in [0.2, 0.25) is 0 Å². The van der Waals surface area contributed by atoms with Gasteiger partial charge in [-0.1, -0.05) is 36.4 Å². The molecule has 2 atom stereocenters. The van der Waals surface area contributed by atoms with E-state index in [1.54, 1.807) is 20.1 Å². The van der Waals surface area contributed by atoms with E-state index in [1.165, 1.54) is 0 Å². The maximum atomic E-state index is 9.60. The average Bonchev–Trinajstić information content (AvgIpc) is 2.52. The van der Waals surface area contributed by atoms with Gasteiger partial charge in [-0.15, -0.1) is 0 Å². The molecule has 0 unspecified atom stereocenters. The summed E-state index contributed by atoms with van der Waals surface area (Å²) in [5.41, 5.74) is 7.85. The molecule has 0 amide bonds. The van der Waals surface area contributed by atoms with Gasteiger partial charge < -0.3 is 20.3 Å². The zero-order valence-corrected chi connectivity index (χ0v) is 12.3. The maximum absolute atomic E-state index is 9.60. The Morgan fingerprint density at radius 2 is 1.81 bits per heavy atom. The lowest BCUT2D eigenvalue weighted by Gasteiger charge is -2.18. The Kier molecular flexibility index (Phi) is 5.20. The van der Waals surface area contributed by atoms with Crippen LogP contribution in [0.1, 0.15) is 24.1 Å². The second kappa shape index (κ2) is 7.11. The third-order valence-electron chi connectivity index (χ3n) is 3.33. The Balaban J connectivity index is 2.18. The number of methoxy groups -OCH3 is 1. The van der Waals surface area contributed by atoms with Crippen molar-refractivity contribution in [1.82, 2.24) is 0 Å². The standard InChI is InChI=1S/C17H21NO3/c1-12(19)17(18)14-8-9-15(20-2)16(10-14)21-11-13-6-4-3-5-7-13/h3-10,12,17,19H,11,18H2,1-2H3/t12-,17-/m1/s1. The predicted molar refractivity (Wildman–Crippen MR) is 82.4 cm³/mol. The monoisotopic (exact) mass is 287 g/mol. The van der Waals surface area contributed by atoms with Gasteiger partial charge in [0.15, 0.2) is 11.5 Å². The number of rotatable bonds is 6. The van der Waals surface area contributed by atoms with Gasteiger partial charge >= 0.3 is 0 Å². The normalized spacial score (nSPS) is 13.5. The third-order valence-corrected chi connectivity index (χ3v) is 3.33. The third kappa shape index (κ3) is 3.97. The van der Waals surface area contributed by atoms with Crippen molar-refractivity contribution in [2.24, 2.45) is 5.73 Å². The molecule has 4 heteroatoms. The van der Waals surface area contributed by atoms with Crippen molar-refractivity contribution in [3.63, 3.8) is 0 Å². The van der Waals surface area contributed by atoms with Gasteiger partial charge in [-0.25, -0.2) is 0 Å². The van der Waals surface area contributed by atoms with Gasteiger partial charge in [0.1, 0.15) is 6.61 Å². The summed E-state index contributed by atoms with van der Waals surface area (Å²) in [5.74, 6) is 1.27. The van der Waals surface area contributed by atoms with Crippen LogP contribution in [0, 0.1) is 0 Å². The Morgan fingerprint density at radius 1 is 1.10 bits per heavy atom. The van der Waals surface area contributed by atoms with E-state index in [0.29, 0.717) is 18.1 Å². The van der Waals surface area contributed by atoms with Crippen LogP contribution in [-0.2, 0) is 6.61 Å². The van der Waals surface area contributed by atoms with Crippen LogP contribution < -0.4 is 15.2 Å². The van der Waals surface area contributed by atoms with E-state index in [2.05, 4.69) is 0 Å². The molecule has 2 rings (SSSR count). The van der Waals surface area contributed by atoms with E-state index < -0.39 is 12.1 Å². The molecule has 0 aliphatic carbocycles. The van der Waals surface area contributed by atoms with E-state index in [4.69, 9.17) is 15.2 Å². The van der Waals surface area contributed by atoms with Crippen LogP contribution >= 0.6 is 0 Å². The molecule has 0 aromatic heterocycles. The lowest BCUT2D eigenvalue weighted by atomic mass is 10.0. The van der Waals surface area contributed by atoms with Gasteiger partial charge in [0.2, 0.25) is 0 Å². The van der Waals surface area contributed by atoms with E-state index >= 15 is 0 Å². The van der Waals surface area contributed by atoms with Gasteiger partial charge in [-0.2, -0.15) is 0 Å². The fourth-order valence-corrected chi connectivity index (χ4v) is 2.03. The summed E-state index contributed by atoms with van der Waals surface area (Å²) in [6.07, 6.45) is -0.625. The van der Waals surface area contributed by atoms with Gasteiger partial charge in [0.05, 0.1) is 19.3 Å². The van der Waals surface area contributed by atoms with Crippen molar-refractivity contribution < 1.29 is 14.6 Å². The van der Waals surface area contributed by atoms with Crippen molar-refractivity contribution in [3.8, 4) is 11.5 Å². The van der Waals surface area contributed by atoms with Crippen molar-refractivity contribution in [2.75, 3.05) is 7.11 Å². The number of aliphatic hydroxyl groups excluding tert-OH is 1. The highest BCUT2D eigenvalue weighted by Crippen LogP contribution is 2.31. The highest BCUT2D eigenvalue weighted by atomic mass is 16.5. The van der Waals surface area contributed by atoms with Crippen molar-refractivity contribution in [2.45, 2.75) is 25.7 Å². The van der Waals surface area contributed by atoms with Crippen LogP contribution in [0.3, 0.4) is 0 Å². The molecule has 2 aromatic rings. The summed E-state index contributed by atoms with van der Waals surface area (Å²) >= 11 is 0. The largest absolute Gasteiger partial charge is 0.493 e. The molecule has 0 bridgehead atoms. The highest BCUT2D eigenvalue weighted by molar-refractivity contribution is 5.44. The van der Waals surface area contributed by atoms with E-state index in [1.807, 2.05) is 42.5 Å². The first-order valence-corrected chi connectivity index (χ1v) is 6.90. The topological polar surface area (TPSA) is 64.7 Å². The summed E-state index contributed by atoms with van der Waals surface area (Å²) in [4.78, 5) is 0. The van der Waals surface area contributed by atoms with Gasteiger partial charge in [-0.05, 0) is 30.2 Å². The molecule has 0 heterocycles. The number of hydrogen-bond acceptors (Lipinski definition) is 4. The van der Waals surface area contributed by atoms with Gasteiger partial charge in [0, 0.05) is 0 Å². The Bertz CT molecular complexity index is 570. The molecular weight excluding hydrogens is 266 g/mol. The number of ether oxygens (including phenoxy) is 2. The average molecular weight is 287 g/mol. The molecule has 0 saturated heterocycles. The molecule has 2 aromatic carbocycles. The molecule has 0 aliphatic heterocycles. The molecule has 21 heavy (non-hydrogen) atoms. The summed E-state index contributed by atoms with van der Waals surface area (Å²) < 4.78 is 11.1. The molecule has 0 saturated carbocycles. The Labute approximate surface area is 125 Å². The van der Waals surface area contributed by atoms with Crippen LogP contribution in [0.25, 0.3) is 0 Å². The Hall–Kier alpha value is -2.04. The first-order valence-electron chi connectivity index (χ1n) is 6.90. The minimum Gasteiger partial charge on any atom is -0.493 e. The summed E-state index contributed by atoms with van der Waals surface area (Å²) in [6.45, 7) is 2.12. The minimum absolute atomic E-state index is 0.449. The van der Waals surface area contributed by atoms with Gasteiger partial charge in [-0.3, -0.25) is 0 Å². The Morgan fingerprint density at radius 3 is 2.43 bits per heavy atom. The first-order chi connectivity index (χ1) is 10.1. The molecular formula is C17H21NO3. The molecule has 0 aliphatic rings. The first kappa shape index (κ1) is 15.4. The predicted octanol–water partition coefficient (Wildman–Crippen LogP) is 2.65. The fraction of sp³-hybridized carbons (Fsp3) is 0.294. The second-order valence-corrected chi connectivity index (χ2v) is 4.95. The molecule has 4 nitrogen and oxygen atoms in total. The van der Waals surface area contributed by atoms with Crippen molar-refractivity contribution in [1.29, 1.82) is 0 Å². The fourth-order valence-electron chi connectivity index (χ4n) is 2.03. The maximum Gasteiger partial charge on any atom is 0.161 e. The SMILES string of the molecule is COc1ccc([C@H](N)[C@@H](C)O)cc1OCc1ccccc1. The summed E-state index contributed by atoms with van der Waals surface area (Å²) in [7, 11) is 1.60. The van der Waals surface area contributed by atoms with Gasteiger partial charge in [0.25, 0.3) is 0 Å². The van der Waals surface area contributed by atoms with Crippen molar-refractivity contribution in [3.05, 3.63) is 59.7 Å². The number of aliphatic hydroxyl groups is 1. The van der Waals surface area contributed by atoms with Crippen molar-refractivity contribution >= 4 is 0 Å². The zero-order chi connectivity index (χ0) is 15.2. The molecule has 0 radical (unpaired) electrons. The van der Waals surface area contributed by atoms with E-state index in [0.717, 1.165) is 11.1 Å². The highest BCUT2D eigenvalue weighted by Gasteiger charge is 2.15. The quantitative estimate of drug-likeness (QED) is 0.857. The van der Waals surface area contributed by atoms with Crippen LogP contribution in [-0.4, -0.2) is 18.3 Å². The van der Waals surface area contributed by atoms with Crippen LogP contribution in [0.4, 0.5) is 0 Å². The molecule has 0 fully saturated rings. The number of nitrogens with two attached hydrogens (primary N) is 1.